The lowest BCUT2D eigenvalue weighted by molar-refractivity contribution is -0.116. The van der Waals surface area contributed by atoms with Crippen LogP contribution in [0.1, 0.15) is 23.7 Å². The molecule has 6 heteroatoms. The van der Waals surface area contributed by atoms with Crippen LogP contribution in [0.4, 0.5) is 5.69 Å². The number of carboxylic acids is 1. The standard InChI is InChI=1S/C12H15BrN2O3/c1-7(6-14)4-11(16)15-8-2-3-10(13)9(5-8)12(17)18/h2-3,5,7H,4,6,14H2,1H3,(H,15,16)(H,17,18). The molecule has 0 aliphatic carbocycles. The van der Waals surface area contributed by atoms with Crippen molar-refractivity contribution in [3.8, 4) is 0 Å². The largest absolute Gasteiger partial charge is 0.478 e. The van der Waals surface area contributed by atoms with E-state index in [9.17, 15) is 9.59 Å². The predicted molar refractivity (Wildman–Crippen MR) is 72.6 cm³/mol. The number of hydrogen-bond acceptors (Lipinski definition) is 3. The normalized spacial score (nSPS) is 11.9. The minimum Gasteiger partial charge on any atom is -0.478 e. The minimum absolute atomic E-state index is 0.0967. The van der Waals surface area contributed by atoms with E-state index in [0.29, 0.717) is 23.1 Å². The Balaban J connectivity index is 2.76. The SMILES string of the molecule is CC(CN)CC(=O)Nc1ccc(Br)c(C(=O)O)c1. The van der Waals surface area contributed by atoms with E-state index in [4.69, 9.17) is 10.8 Å². The van der Waals surface area contributed by atoms with Gasteiger partial charge in [0, 0.05) is 16.6 Å². The maximum Gasteiger partial charge on any atom is 0.336 e. The molecule has 1 unspecified atom stereocenters. The van der Waals surface area contributed by atoms with Crippen molar-refractivity contribution in [3.05, 3.63) is 28.2 Å². The Kier molecular flexibility index (Phi) is 5.30. The van der Waals surface area contributed by atoms with Gasteiger partial charge in [0.1, 0.15) is 0 Å². The molecule has 98 valence electrons. The van der Waals surface area contributed by atoms with Crippen molar-refractivity contribution in [1.82, 2.24) is 0 Å². The van der Waals surface area contributed by atoms with Crippen LogP contribution in [0, 0.1) is 5.92 Å². The van der Waals surface area contributed by atoms with Crippen LogP contribution in [0.3, 0.4) is 0 Å². The molecule has 1 aromatic rings. The second kappa shape index (κ2) is 6.51. The zero-order chi connectivity index (χ0) is 13.7. The van der Waals surface area contributed by atoms with Gasteiger partial charge >= 0.3 is 5.97 Å². The molecule has 0 fully saturated rings. The topological polar surface area (TPSA) is 92.4 Å². The average Bonchev–Trinajstić information content (AvgIpc) is 2.31. The van der Waals surface area contributed by atoms with Crippen molar-refractivity contribution >= 4 is 33.5 Å². The Morgan fingerprint density at radius 2 is 2.17 bits per heavy atom. The molecule has 0 aliphatic rings. The zero-order valence-corrected chi connectivity index (χ0v) is 11.5. The molecule has 5 nitrogen and oxygen atoms in total. The first-order valence-electron chi connectivity index (χ1n) is 5.46. The van der Waals surface area contributed by atoms with Crippen LogP contribution in [0.5, 0.6) is 0 Å². The molecule has 0 bridgehead atoms. The van der Waals surface area contributed by atoms with Crippen LogP contribution in [-0.4, -0.2) is 23.5 Å². The third-order valence-corrected chi connectivity index (χ3v) is 3.11. The van der Waals surface area contributed by atoms with E-state index in [1.807, 2.05) is 6.92 Å². The summed E-state index contributed by atoms with van der Waals surface area (Å²) >= 11 is 3.14. The van der Waals surface area contributed by atoms with Gasteiger partial charge in [0.2, 0.25) is 5.91 Å². The third kappa shape index (κ3) is 4.12. The number of rotatable bonds is 5. The first-order chi connectivity index (χ1) is 8.43. The van der Waals surface area contributed by atoms with Gasteiger partial charge in [-0.25, -0.2) is 4.79 Å². The van der Waals surface area contributed by atoms with Gasteiger partial charge in [-0.1, -0.05) is 6.92 Å². The average molecular weight is 315 g/mol. The fraction of sp³-hybridized carbons (Fsp3) is 0.333. The van der Waals surface area contributed by atoms with Gasteiger partial charge < -0.3 is 16.2 Å². The summed E-state index contributed by atoms with van der Waals surface area (Å²) in [6.45, 7) is 2.32. The van der Waals surface area contributed by atoms with Gasteiger partial charge in [0.25, 0.3) is 0 Å². The van der Waals surface area contributed by atoms with Crippen molar-refractivity contribution in [1.29, 1.82) is 0 Å². The van der Waals surface area contributed by atoms with Crippen LogP contribution >= 0.6 is 15.9 Å². The first-order valence-corrected chi connectivity index (χ1v) is 6.26. The fourth-order valence-corrected chi connectivity index (χ4v) is 1.79. The minimum atomic E-state index is -1.05. The Hall–Kier alpha value is -1.40. The summed E-state index contributed by atoms with van der Waals surface area (Å²) in [4.78, 5) is 22.5. The van der Waals surface area contributed by atoms with E-state index in [2.05, 4.69) is 21.2 Å². The number of carboxylic acid groups (broad SMARTS) is 1. The highest BCUT2D eigenvalue weighted by atomic mass is 79.9. The zero-order valence-electron chi connectivity index (χ0n) is 9.94. The van der Waals surface area contributed by atoms with Crippen molar-refractivity contribution in [2.24, 2.45) is 11.7 Å². The highest BCUT2D eigenvalue weighted by Gasteiger charge is 2.11. The number of anilines is 1. The summed E-state index contributed by atoms with van der Waals surface area (Å²) in [6.07, 6.45) is 0.314. The second-order valence-corrected chi connectivity index (χ2v) is 4.95. The third-order valence-electron chi connectivity index (χ3n) is 2.42. The Labute approximate surface area is 113 Å². The maximum atomic E-state index is 11.6. The summed E-state index contributed by atoms with van der Waals surface area (Å²) in [5.41, 5.74) is 6.01. The molecule has 1 rings (SSSR count). The van der Waals surface area contributed by atoms with Crippen LogP contribution in [0.2, 0.25) is 0 Å². The molecule has 1 atom stereocenters. The summed E-state index contributed by atoms with van der Waals surface area (Å²) in [6, 6.07) is 4.64. The number of hydrogen-bond donors (Lipinski definition) is 3. The van der Waals surface area contributed by atoms with E-state index in [1.54, 1.807) is 12.1 Å². The summed E-state index contributed by atoms with van der Waals surface area (Å²) in [7, 11) is 0. The fourth-order valence-electron chi connectivity index (χ4n) is 1.38. The molecule has 0 heterocycles. The molecule has 4 N–H and O–H groups in total. The number of benzene rings is 1. The smallest absolute Gasteiger partial charge is 0.336 e. The number of nitrogens with one attached hydrogen (secondary N) is 1. The Morgan fingerprint density at radius 3 is 2.72 bits per heavy atom. The molecule has 18 heavy (non-hydrogen) atoms. The van der Waals surface area contributed by atoms with Gasteiger partial charge in [-0.15, -0.1) is 0 Å². The molecular formula is C12H15BrN2O3. The highest BCUT2D eigenvalue weighted by Crippen LogP contribution is 2.21. The van der Waals surface area contributed by atoms with Gasteiger partial charge in [-0.05, 0) is 46.6 Å². The first kappa shape index (κ1) is 14.7. The maximum absolute atomic E-state index is 11.6. The molecule has 1 amide bonds. The molecule has 0 saturated carbocycles. The Bertz CT molecular complexity index is 463. The van der Waals surface area contributed by atoms with E-state index in [1.165, 1.54) is 6.07 Å². The van der Waals surface area contributed by atoms with Crippen molar-refractivity contribution in [2.45, 2.75) is 13.3 Å². The monoisotopic (exact) mass is 314 g/mol. The number of carbonyl (C=O) groups excluding carboxylic acids is 1. The van der Waals surface area contributed by atoms with Crippen LogP contribution < -0.4 is 11.1 Å². The Morgan fingerprint density at radius 1 is 1.50 bits per heavy atom. The molecule has 0 radical (unpaired) electrons. The van der Waals surface area contributed by atoms with Crippen molar-refractivity contribution in [2.75, 3.05) is 11.9 Å². The molecule has 0 saturated heterocycles. The van der Waals surface area contributed by atoms with Gasteiger partial charge in [0.15, 0.2) is 0 Å². The van der Waals surface area contributed by atoms with Gasteiger partial charge in [-0.2, -0.15) is 0 Å². The molecule has 1 aromatic carbocycles. The van der Waals surface area contributed by atoms with E-state index in [-0.39, 0.29) is 17.4 Å². The van der Waals surface area contributed by atoms with Crippen LogP contribution in [0.15, 0.2) is 22.7 Å². The van der Waals surface area contributed by atoms with E-state index in [0.717, 1.165) is 0 Å². The lowest BCUT2D eigenvalue weighted by atomic mass is 10.1. The van der Waals surface area contributed by atoms with E-state index >= 15 is 0 Å². The summed E-state index contributed by atoms with van der Waals surface area (Å²) < 4.78 is 0.475. The van der Waals surface area contributed by atoms with Gasteiger partial charge in [-0.3, -0.25) is 4.79 Å². The lowest BCUT2D eigenvalue weighted by Gasteiger charge is -2.10. The number of carbonyl (C=O) groups is 2. The quantitative estimate of drug-likeness (QED) is 0.775. The number of aromatic carboxylic acids is 1. The van der Waals surface area contributed by atoms with Crippen molar-refractivity contribution < 1.29 is 14.7 Å². The summed E-state index contributed by atoms with van der Waals surface area (Å²) in [5.74, 6) is -1.13. The molecule has 0 spiro atoms. The number of nitrogens with two attached hydrogens (primary N) is 1. The highest BCUT2D eigenvalue weighted by molar-refractivity contribution is 9.10. The number of amides is 1. The molecular weight excluding hydrogens is 300 g/mol. The number of halogens is 1. The van der Waals surface area contributed by atoms with Crippen LogP contribution in [-0.2, 0) is 4.79 Å². The second-order valence-electron chi connectivity index (χ2n) is 4.09. The molecule has 0 aliphatic heterocycles. The summed E-state index contributed by atoms with van der Waals surface area (Å²) in [5, 5.41) is 11.6. The predicted octanol–water partition coefficient (Wildman–Crippen LogP) is 2.07. The lowest BCUT2D eigenvalue weighted by Crippen LogP contribution is -2.20. The van der Waals surface area contributed by atoms with Crippen LogP contribution in [0.25, 0.3) is 0 Å². The van der Waals surface area contributed by atoms with Gasteiger partial charge in [0.05, 0.1) is 5.56 Å². The van der Waals surface area contributed by atoms with Crippen molar-refractivity contribution in [3.63, 3.8) is 0 Å². The van der Waals surface area contributed by atoms with E-state index < -0.39 is 5.97 Å². The molecule has 0 aromatic heterocycles.